The molecule has 29 heavy (non-hydrogen) atoms. The molecule has 3 rings (SSSR count). The number of carbonyl (C=O) groups is 3. The number of benzene rings is 3. The average Bonchev–Trinajstić information content (AvgIpc) is 2.71. The lowest BCUT2D eigenvalue weighted by atomic mass is 10.1. The number of hydrogen-bond acceptors (Lipinski definition) is 3. The summed E-state index contributed by atoms with van der Waals surface area (Å²) in [5.41, 5.74) is 4.86. The SMILES string of the molecule is CC(=O)c1ccc(NC(=O)c2cccc(C(=O)Nc3ccc(C)c(C)c3)c2)cc1. The van der Waals surface area contributed by atoms with Crippen molar-refractivity contribution in [2.24, 2.45) is 0 Å². The molecule has 5 nitrogen and oxygen atoms in total. The Bertz CT molecular complexity index is 1090. The molecule has 2 amide bonds. The van der Waals surface area contributed by atoms with Gasteiger partial charge in [-0.25, -0.2) is 0 Å². The Kier molecular flexibility index (Phi) is 5.88. The minimum Gasteiger partial charge on any atom is -0.322 e. The van der Waals surface area contributed by atoms with Crippen molar-refractivity contribution in [3.05, 3.63) is 94.5 Å². The maximum atomic E-state index is 12.6. The van der Waals surface area contributed by atoms with E-state index < -0.39 is 0 Å². The Morgan fingerprint density at radius 1 is 0.621 bits per heavy atom. The highest BCUT2D eigenvalue weighted by molar-refractivity contribution is 6.08. The van der Waals surface area contributed by atoms with E-state index in [9.17, 15) is 14.4 Å². The molecule has 0 aliphatic heterocycles. The molecule has 0 bridgehead atoms. The maximum absolute atomic E-state index is 12.6. The smallest absolute Gasteiger partial charge is 0.255 e. The Morgan fingerprint density at radius 2 is 1.17 bits per heavy atom. The van der Waals surface area contributed by atoms with Crippen LogP contribution in [0.15, 0.2) is 66.7 Å². The Labute approximate surface area is 169 Å². The quantitative estimate of drug-likeness (QED) is 0.605. The van der Waals surface area contributed by atoms with Crippen LogP contribution in [0.2, 0.25) is 0 Å². The van der Waals surface area contributed by atoms with Gasteiger partial charge in [-0.15, -0.1) is 0 Å². The normalized spacial score (nSPS) is 10.3. The number of amides is 2. The third-order valence-corrected chi connectivity index (χ3v) is 4.70. The van der Waals surface area contributed by atoms with Gasteiger partial charge in [0.25, 0.3) is 11.8 Å². The monoisotopic (exact) mass is 386 g/mol. The van der Waals surface area contributed by atoms with Crippen LogP contribution in [0.4, 0.5) is 11.4 Å². The van der Waals surface area contributed by atoms with Crippen LogP contribution in [0.3, 0.4) is 0 Å². The fourth-order valence-corrected chi connectivity index (χ4v) is 2.82. The van der Waals surface area contributed by atoms with Crippen LogP contribution in [0.1, 0.15) is 49.1 Å². The highest BCUT2D eigenvalue weighted by atomic mass is 16.2. The topological polar surface area (TPSA) is 75.3 Å². The van der Waals surface area contributed by atoms with Crippen LogP contribution in [-0.2, 0) is 0 Å². The van der Waals surface area contributed by atoms with Gasteiger partial charge in [0, 0.05) is 28.1 Å². The molecule has 2 N–H and O–H groups in total. The molecule has 0 fully saturated rings. The Balaban J connectivity index is 1.72. The molecule has 0 aliphatic rings. The predicted octanol–water partition coefficient (Wildman–Crippen LogP) is 5.01. The number of nitrogens with one attached hydrogen (secondary N) is 2. The molecular weight excluding hydrogens is 364 g/mol. The van der Waals surface area contributed by atoms with Crippen molar-refractivity contribution in [1.29, 1.82) is 0 Å². The van der Waals surface area contributed by atoms with E-state index in [2.05, 4.69) is 10.6 Å². The van der Waals surface area contributed by atoms with Crippen molar-refractivity contribution in [2.45, 2.75) is 20.8 Å². The largest absolute Gasteiger partial charge is 0.322 e. The summed E-state index contributed by atoms with van der Waals surface area (Å²) in [6.45, 7) is 5.48. The fraction of sp³-hybridized carbons (Fsp3) is 0.125. The van der Waals surface area contributed by atoms with Gasteiger partial charge in [0.15, 0.2) is 5.78 Å². The van der Waals surface area contributed by atoms with Gasteiger partial charge in [0.05, 0.1) is 0 Å². The molecule has 5 heteroatoms. The average molecular weight is 386 g/mol. The van der Waals surface area contributed by atoms with Gasteiger partial charge in [-0.1, -0.05) is 12.1 Å². The van der Waals surface area contributed by atoms with E-state index in [1.165, 1.54) is 6.92 Å². The van der Waals surface area contributed by atoms with Crippen LogP contribution in [0.5, 0.6) is 0 Å². The predicted molar refractivity (Wildman–Crippen MR) is 115 cm³/mol. The second kappa shape index (κ2) is 8.52. The van der Waals surface area contributed by atoms with E-state index in [4.69, 9.17) is 0 Å². The van der Waals surface area contributed by atoms with E-state index in [0.717, 1.165) is 11.1 Å². The summed E-state index contributed by atoms with van der Waals surface area (Å²) in [7, 11) is 0. The van der Waals surface area contributed by atoms with Gasteiger partial charge >= 0.3 is 0 Å². The standard InChI is InChI=1S/C24H22N2O3/c1-15-7-10-22(13-16(15)2)26-24(29)20-6-4-5-19(14-20)23(28)25-21-11-8-18(9-12-21)17(3)27/h4-14H,1-3H3,(H,25,28)(H,26,29). The lowest BCUT2D eigenvalue weighted by Gasteiger charge is -2.09. The molecule has 3 aromatic rings. The molecule has 0 saturated heterocycles. The summed E-state index contributed by atoms with van der Waals surface area (Å²) in [6.07, 6.45) is 0. The number of aryl methyl sites for hydroxylation is 2. The van der Waals surface area contributed by atoms with Crippen LogP contribution >= 0.6 is 0 Å². The first-order chi connectivity index (χ1) is 13.8. The molecule has 0 unspecified atom stereocenters. The van der Waals surface area contributed by atoms with E-state index in [0.29, 0.717) is 28.1 Å². The van der Waals surface area contributed by atoms with Gasteiger partial charge in [0.1, 0.15) is 0 Å². The highest BCUT2D eigenvalue weighted by Crippen LogP contribution is 2.17. The van der Waals surface area contributed by atoms with Crippen molar-refractivity contribution in [3.8, 4) is 0 Å². The van der Waals surface area contributed by atoms with Gasteiger partial charge in [-0.2, -0.15) is 0 Å². The molecule has 146 valence electrons. The van der Waals surface area contributed by atoms with Gasteiger partial charge < -0.3 is 10.6 Å². The van der Waals surface area contributed by atoms with Crippen molar-refractivity contribution < 1.29 is 14.4 Å². The summed E-state index contributed by atoms with van der Waals surface area (Å²) >= 11 is 0. The number of rotatable bonds is 5. The summed E-state index contributed by atoms with van der Waals surface area (Å²) < 4.78 is 0. The van der Waals surface area contributed by atoms with Crippen molar-refractivity contribution >= 4 is 29.0 Å². The first-order valence-corrected chi connectivity index (χ1v) is 9.24. The maximum Gasteiger partial charge on any atom is 0.255 e. The van der Waals surface area contributed by atoms with Crippen LogP contribution in [0.25, 0.3) is 0 Å². The van der Waals surface area contributed by atoms with Gasteiger partial charge in [-0.3, -0.25) is 14.4 Å². The van der Waals surface area contributed by atoms with E-state index in [1.807, 2.05) is 32.0 Å². The molecule has 0 heterocycles. The van der Waals surface area contributed by atoms with E-state index >= 15 is 0 Å². The Hall–Kier alpha value is -3.73. The lowest BCUT2D eigenvalue weighted by Crippen LogP contribution is -2.15. The minimum atomic E-state index is -0.332. The molecule has 0 aliphatic carbocycles. The first kappa shape index (κ1) is 20.0. The van der Waals surface area contributed by atoms with Crippen molar-refractivity contribution in [3.63, 3.8) is 0 Å². The van der Waals surface area contributed by atoms with E-state index in [1.54, 1.807) is 48.5 Å². The zero-order chi connectivity index (χ0) is 21.0. The molecule has 0 spiro atoms. The van der Waals surface area contributed by atoms with Gasteiger partial charge in [-0.05, 0) is 86.5 Å². The molecule has 0 radical (unpaired) electrons. The Morgan fingerprint density at radius 3 is 1.72 bits per heavy atom. The number of anilines is 2. The third-order valence-electron chi connectivity index (χ3n) is 4.70. The van der Waals surface area contributed by atoms with Crippen LogP contribution in [0, 0.1) is 13.8 Å². The summed E-state index contributed by atoms with van der Waals surface area (Å²) in [6, 6.07) is 18.9. The summed E-state index contributed by atoms with van der Waals surface area (Å²) in [4.78, 5) is 36.5. The first-order valence-electron chi connectivity index (χ1n) is 9.24. The zero-order valence-corrected chi connectivity index (χ0v) is 16.6. The molecule has 0 aromatic heterocycles. The molecule has 3 aromatic carbocycles. The van der Waals surface area contributed by atoms with Crippen molar-refractivity contribution in [2.75, 3.05) is 10.6 Å². The highest BCUT2D eigenvalue weighted by Gasteiger charge is 2.12. The summed E-state index contributed by atoms with van der Waals surface area (Å²) in [5.74, 6) is -0.652. The van der Waals surface area contributed by atoms with Gasteiger partial charge in [0.2, 0.25) is 0 Å². The third kappa shape index (κ3) is 4.96. The van der Waals surface area contributed by atoms with E-state index in [-0.39, 0.29) is 17.6 Å². The number of hydrogen-bond donors (Lipinski definition) is 2. The molecule has 0 saturated carbocycles. The summed E-state index contributed by atoms with van der Waals surface area (Å²) in [5, 5.41) is 5.63. The van der Waals surface area contributed by atoms with Crippen LogP contribution in [-0.4, -0.2) is 17.6 Å². The fourth-order valence-electron chi connectivity index (χ4n) is 2.82. The minimum absolute atomic E-state index is 0.0367. The second-order valence-electron chi connectivity index (χ2n) is 6.92. The molecule has 0 atom stereocenters. The number of carbonyl (C=O) groups excluding carboxylic acids is 3. The number of ketones is 1. The second-order valence-corrected chi connectivity index (χ2v) is 6.92. The molecular formula is C24H22N2O3. The van der Waals surface area contributed by atoms with Crippen LogP contribution < -0.4 is 10.6 Å². The zero-order valence-electron chi connectivity index (χ0n) is 16.6. The lowest BCUT2D eigenvalue weighted by molar-refractivity contribution is 0.101. The number of Topliss-reactive ketones (excluding diaryl/α,β-unsaturated/α-hetero) is 1. The van der Waals surface area contributed by atoms with Crippen molar-refractivity contribution in [1.82, 2.24) is 0 Å².